The number of rotatable bonds is 11. The van der Waals surface area contributed by atoms with Crippen molar-refractivity contribution in [2.75, 3.05) is 20.8 Å². The third-order valence-electron chi connectivity index (χ3n) is 6.75. The van der Waals surface area contributed by atoms with Crippen LogP contribution in [0, 0.1) is 11.8 Å². The lowest BCUT2D eigenvalue weighted by atomic mass is 9.79. The maximum absolute atomic E-state index is 12.4. The van der Waals surface area contributed by atoms with E-state index in [1.807, 2.05) is 104 Å². The maximum Gasteiger partial charge on any atom is 0.221 e. The highest BCUT2D eigenvalue weighted by Crippen LogP contribution is 2.39. The van der Waals surface area contributed by atoms with Gasteiger partial charge < -0.3 is 24.6 Å². The number of amides is 1. The summed E-state index contributed by atoms with van der Waals surface area (Å²) in [6.45, 7) is 2.86. The van der Waals surface area contributed by atoms with Gasteiger partial charge in [-0.15, -0.1) is 0 Å². The molecule has 0 radical (unpaired) electrons. The Balaban J connectivity index is 1.62. The molecule has 0 saturated carbocycles. The smallest absolute Gasteiger partial charge is 0.221 e. The molecule has 0 atom stereocenters. The molecule has 6 heteroatoms. The van der Waals surface area contributed by atoms with Gasteiger partial charge in [0.2, 0.25) is 5.91 Å². The van der Waals surface area contributed by atoms with Gasteiger partial charge in [-0.2, -0.15) is 0 Å². The van der Waals surface area contributed by atoms with Crippen molar-refractivity contribution in [1.29, 1.82) is 0 Å². The monoisotopic (exact) mass is 549 g/mol. The third kappa shape index (κ3) is 7.27. The van der Waals surface area contributed by atoms with Gasteiger partial charge in [-0.1, -0.05) is 72.5 Å². The molecule has 4 aromatic rings. The summed E-state index contributed by atoms with van der Waals surface area (Å²) in [5.74, 6) is 8.22. The maximum atomic E-state index is 12.4. The van der Waals surface area contributed by atoms with Gasteiger partial charge in [-0.05, 0) is 65.6 Å². The predicted octanol–water partition coefficient (Wildman–Crippen LogP) is 5.83. The minimum absolute atomic E-state index is 0.0599. The summed E-state index contributed by atoms with van der Waals surface area (Å²) in [6.07, 6.45) is 0.669. The summed E-state index contributed by atoms with van der Waals surface area (Å²) in [5.41, 5.74) is 2.15. The molecule has 210 valence electrons. The van der Waals surface area contributed by atoms with E-state index < -0.39 is 5.60 Å². The minimum Gasteiger partial charge on any atom is -0.497 e. The number of methoxy groups -OCH3 is 2. The van der Waals surface area contributed by atoms with E-state index >= 15 is 0 Å². The molecular formula is C35H35NO5. The Morgan fingerprint density at radius 3 is 1.98 bits per heavy atom. The van der Waals surface area contributed by atoms with Gasteiger partial charge in [-0.25, -0.2) is 0 Å². The molecule has 41 heavy (non-hydrogen) atoms. The van der Waals surface area contributed by atoms with Crippen LogP contribution in [0.1, 0.15) is 47.6 Å². The van der Waals surface area contributed by atoms with E-state index in [9.17, 15) is 9.90 Å². The molecule has 0 saturated heterocycles. The Morgan fingerprint density at radius 2 is 1.41 bits per heavy atom. The van der Waals surface area contributed by atoms with Crippen molar-refractivity contribution in [2.24, 2.45) is 0 Å². The van der Waals surface area contributed by atoms with Crippen LogP contribution in [-0.4, -0.2) is 31.8 Å². The standard InChI is InChI=1S/C35H35NO5/c1-4-41-33-23-18-30(24-27(33)12-8-9-13-34(37)36-25-26-10-6-5-7-11-26)35(38,28-14-19-31(39-2)20-15-28)29-16-21-32(40-3)22-17-29/h5-7,10-11,14-24,38H,4,9,13,25H2,1-3H3,(H,36,37). The van der Waals surface area contributed by atoms with Crippen LogP contribution in [0.2, 0.25) is 0 Å². The topological polar surface area (TPSA) is 77.0 Å². The van der Waals surface area contributed by atoms with Crippen molar-refractivity contribution >= 4 is 5.91 Å². The SMILES string of the molecule is CCOc1ccc(C(O)(c2ccc(OC)cc2)c2ccc(OC)cc2)cc1C#CCCC(=O)NCc1ccccc1. The number of hydrogen-bond acceptors (Lipinski definition) is 5. The van der Waals surface area contributed by atoms with Gasteiger partial charge in [0.25, 0.3) is 0 Å². The number of carbonyl (C=O) groups excluding carboxylic acids is 1. The van der Waals surface area contributed by atoms with Gasteiger partial charge in [0.1, 0.15) is 22.8 Å². The first-order valence-electron chi connectivity index (χ1n) is 13.6. The molecule has 0 bridgehead atoms. The van der Waals surface area contributed by atoms with Crippen molar-refractivity contribution in [1.82, 2.24) is 5.32 Å². The Labute approximate surface area is 241 Å². The van der Waals surface area contributed by atoms with E-state index in [1.165, 1.54) is 0 Å². The van der Waals surface area contributed by atoms with Crippen molar-refractivity contribution in [3.05, 3.63) is 125 Å². The molecule has 6 nitrogen and oxygen atoms in total. The number of aliphatic hydroxyl groups is 1. The van der Waals surface area contributed by atoms with Crippen LogP contribution in [0.15, 0.2) is 97.1 Å². The molecule has 0 spiro atoms. The van der Waals surface area contributed by atoms with Crippen molar-refractivity contribution < 1.29 is 24.1 Å². The number of carbonyl (C=O) groups is 1. The van der Waals surface area contributed by atoms with Crippen LogP contribution in [-0.2, 0) is 16.9 Å². The first-order valence-corrected chi connectivity index (χ1v) is 13.6. The van der Waals surface area contributed by atoms with E-state index in [4.69, 9.17) is 14.2 Å². The average Bonchev–Trinajstić information content (AvgIpc) is 3.03. The fourth-order valence-electron chi connectivity index (χ4n) is 4.52. The summed E-state index contributed by atoms with van der Waals surface area (Å²) in [5, 5.41) is 15.3. The highest BCUT2D eigenvalue weighted by atomic mass is 16.5. The molecule has 2 N–H and O–H groups in total. The van der Waals surface area contributed by atoms with Gasteiger partial charge >= 0.3 is 0 Å². The fraction of sp³-hybridized carbons (Fsp3) is 0.229. The zero-order valence-corrected chi connectivity index (χ0v) is 23.6. The Morgan fingerprint density at radius 1 is 0.829 bits per heavy atom. The molecule has 4 rings (SSSR count). The molecule has 0 aliphatic rings. The van der Waals surface area contributed by atoms with E-state index in [-0.39, 0.29) is 12.3 Å². The summed E-state index contributed by atoms with van der Waals surface area (Å²) in [6, 6.07) is 30.0. The highest BCUT2D eigenvalue weighted by molar-refractivity contribution is 5.76. The normalized spacial score (nSPS) is 10.7. The molecule has 4 aromatic carbocycles. The summed E-state index contributed by atoms with van der Waals surface area (Å²) >= 11 is 0. The number of ether oxygens (including phenoxy) is 3. The van der Waals surface area contributed by atoms with Gasteiger partial charge in [0, 0.05) is 19.4 Å². The molecule has 0 fully saturated rings. The van der Waals surface area contributed by atoms with E-state index in [0.29, 0.717) is 59.1 Å². The molecule has 0 heterocycles. The molecule has 0 aliphatic carbocycles. The molecule has 1 amide bonds. The average molecular weight is 550 g/mol. The van der Waals surface area contributed by atoms with Crippen molar-refractivity contribution in [3.8, 4) is 29.1 Å². The number of hydrogen-bond donors (Lipinski definition) is 2. The number of nitrogens with one attached hydrogen (secondary N) is 1. The van der Waals surface area contributed by atoms with Crippen LogP contribution < -0.4 is 19.5 Å². The highest BCUT2D eigenvalue weighted by Gasteiger charge is 2.34. The lowest BCUT2D eigenvalue weighted by Crippen LogP contribution is -2.29. The largest absolute Gasteiger partial charge is 0.497 e. The van der Waals surface area contributed by atoms with Crippen molar-refractivity contribution in [3.63, 3.8) is 0 Å². The summed E-state index contributed by atoms with van der Waals surface area (Å²) in [7, 11) is 3.21. The van der Waals surface area contributed by atoms with Gasteiger partial charge in [-0.3, -0.25) is 4.79 Å². The zero-order valence-electron chi connectivity index (χ0n) is 23.6. The van der Waals surface area contributed by atoms with Gasteiger partial charge in [0.05, 0.1) is 26.4 Å². The molecule has 0 aliphatic heterocycles. The van der Waals surface area contributed by atoms with Crippen LogP contribution in [0.25, 0.3) is 0 Å². The molecule has 0 aromatic heterocycles. The van der Waals surface area contributed by atoms with E-state index in [0.717, 1.165) is 5.56 Å². The van der Waals surface area contributed by atoms with Crippen LogP contribution >= 0.6 is 0 Å². The Kier molecular flexibility index (Phi) is 10.0. The lowest BCUT2D eigenvalue weighted by molar-refractivity contribution is -0.121. The number of benzene rings is 4. The van der Waals surface area contributed by atoms with Crippen LogP contribution in [0.5, 0.6) is 17.2 Å². The van der Waals surface area contributed by atoms with Gasteiger partial charge in [0.15, 0.2) is 0 Å². The molecule has 0 unspecified atom stereocenters. The third-order valence-corrected chi connectivity index (χ3v) is 6.75. The zero-order chi connectivity index (χ0) is 29.1. The quantitative estimate of drug-likeness (QED) is 0.182. The first-order chi connectivity index (χ1) is 20.0. The van der Waals surface area contributed by atoms with Crippen molar-refractivity contribution in [2.45, 2.75) is 31.9 Å². The Bertz CT molecular complexity index is 1440. The molecular weight excluding hydrogens is 514 g/mol. The summed E-state index contributed by atoms with van der Waals surface area (Å²) in [4.78, 5) is 12.3. The van der Waals surface area contributed by atoms with Crippen LogP contribution in [0.4, 0.5) is 0 Å². The predicted molar refractivity (Wildman–Crippen MR) is 160 cm³/mol. The lowest BCUT2D eigenvalue weighted by Gasteiger charge is -2.31. The van der Waals surface area contributed by atoms with E-state index in [1.54, 1.807) is 14.2 Å². The second kappa shape index (κ2) is 14.1. The fourth-order valence-corrected chi connectivity index (χ4v) is 4.52. The van der Waals surface area contributed by atoms with E-state index in [2.05, 4.69) is 17.2 Å². The Hall–Kier alpha value is -4.73. The summed E-state index contributed by atoms with van der Waals surface area (Å²) < 4.78 is 16.5. The second-order valence-corrected chi connectivity index (χ2v) is 9.38. The first kappa shape index (κ1) is 29.3. The second-order valence-electron chi connectivity index (χ2n) is 9.38. The minimum atomic E-state index is -1.49. The van der Waals surface area contributed by atoms with Crippen LogP contribution in [0.3, 0.4) is 0 Å².